The summed E-state index contributed by atoms with van der Waals surface area (Å²) < 4.78 is 16.9. The highest BCUT2D eigenvalue weighted by atomic mass is 16.6. The summed E-state index contributed by atoms with van der Waals surface area (Å²) >= 11 is 0. The van der Waals surface area contributed by atoms with E-state index in [1.807, 2.05) is 0 Å². The maximum absolute atomic E-state index is 12.9. The minimum atomic E-state index is -0.767. The topological polar surface area (TPSA) is 78.9 Å². The molecule has 0 bridgehead atoms. The van der Waals surface area contributed by atoms with Crippen LogP contribution in [-0.2, 0) is 28.6 Å². The van der Waals surface area contributed by atoms with E-state index < -0.39 is 6.10 Å². The van der Waals surface area contributed by atoms with Gasteiger partial charge < -0.3 is 14.2 Å². The van der Waals surface area contributed by atoms with E-state index >= 15 is 0 Å². The van der Waals surface area contributed by atoms with Crippen molar-refractivity contribution in [2.75, 3.05) is 13.2 Å². The Balaban J connectivity index is 3.94. The molecule has 0 aromatic rings. The largest absolute Gasteiger partial charge is 0.462 e. The fraction of sp³-hybridized carbons (Fsp3) is 0.882. The van der Waals surface area contributed by atoms with Crippen molar-refractivity contribution in [3.63, 3.8) is 0 Å². The van der Waals surface area contributed by atoms with E-state index in [1.165, 1.54) is 308 Å². The molecule has 0 saturated heterocycles. The van der Waals surface area contributed by atoms with Crippen molar-refractivity contribution >= 4 is 17.9 Å². The lowest BCUT2D eigenvalue weighted by Gasteiger charge is -2.18. The minimum absolute atomic E-state index is 0.0665. The number of esters is 3. The first-order valence-corrected chi connectivity index (χ1v) is 37.0. The van der Waals surface area contributed by atoms with Crippen LogP contribution >= 0.6 is 0 Å². The SMILES string of the molecule is CCCCCCC/C=C\C/C=C\CCCCCCCCCCCCCCCCCC(=O)OC(COC(=O)CCCCCCCC)COC(=O)CCCCCCCCCCCCCCCCCCCCC/C=C\CCCCCCCCCC. The van der Waals surface area contributed by atoms with Crippen LogP contribution in [0.3, 0.4) is 0 Å². The quantitative estimate of drug-likeness (QED) is 0.0261. The summed E-state index contributed by atoms with van der Waals surface area (Å²) in [6.45, 7) is 6.64. The van der Waals surface area contributed by atoms with Gasteiger partial charge in [-0.3, -0.25) is 14.4 Å². The lowest BCUT2D eigenvalue weighted by molar-refractivity contribution is -0.167. The van der Waals surface area contributed by atoms with Gasteiger partial charge in [-0.15, -0.1) is 0 Å². The molecule has 0 saturated carbocycles. The molecule has 0 N–H and O–H groups in total. The third-order valence-electron chi connectivity index (χ3n) is 16.9. The normalized spacial score (nSPS) is 12.2. The van der Waals surface area contributed by atoms with Gasteiger partial charge in [0.15, 0.2) is 6.10 Å². The third-order valence-corrected chi connectivity index (χ3v) is 16.9. The highest BCUT2D eigenvalue weighted by Gasteiger charge is 2.19. The van der Waals surface area contributed by atoms with Gasteiger partial charge in [0.05, 0.1) is 0 Å². The number of hydrogen-bond donors (Lipinski definition) is 0. The van der Waals surface area contributed by atoms with Gasteiger partial charge >= 0.3 is 17.9 Å². The van der Waals surface area contributed by atoms with Crippen LogP contribution in [-0.4, -0.2) is 37.2 Å². The molecular formula is C76H142O6. The maximum atomic E-state index is 12.9. The van der Waals surface area contributed by atoms with Gasteiger partial charge in [-0.05, 0) is 77.0 Å². The predicted molar refractivity (Wildman–Crippen MR) is 358 cm³/mol. The van der Waals surface area contributed by atoms with Crippen LogP contribution in [0.1, 0.15) is 412 Å². The molecule has 0 fully saturated rings. The van der Waals surface area contributed by atoms with Crippen LogP contribution in [0.4, 0.5) is 0 Å². The first-order chi connectivity index (χ1) is 40.5. The molecule has 1 unspecified atom stereocenters. The summed E-state index contributed by atoms with van der Waals surface area (Å²) in [6, 6.07) is 0. The Bertz CT molecular complexity index is 1370. The summed E-state index contributed by atoms with van der Waals surface area (Å²) in [7, 11) is 0. The van der Waals surface area contributed by atoms with Gasteiger partial charge in [0.2, 0.25) is 0 Å². The van der Waals surface area contributed by atoms with E-state index in [2.05, 4.69) is 57.2 Å². The first kappa shape index (κ1) is 79.6. The molecule has 0 aliphatic heterocycles. The van der Waals surface area contributed by atoms with Gasteiger partial charge in [0, 0.05) is 19.3 Å². The summed E-state index contributed by atoms with van der Waals surface area (Å²) in [4.78, 5) is 38.1. The first-order valence-electron chi connectivity index (χ1n) is 37.0. The zero-order chi connectivity index (χ0) is 59.2. The average Bonchev–Trinajstić information content (AvgIpc) is 3.47. The summed E-state index contributed by atoms with van der Waals surface area (Å²) in [5, 5.41) is 0. The predicted octanol–water partition coefficient (Wildman–Crippen LogP) is 25.5. The molecule has 0 radical (unpaired) electrons. The van der Waals surface area contributed by atoms with Crippen LogP contribution in [0, 0.1) is 0 Å². The maximum Gasteiger partial charge on any atom is 0.306 e. The van der Waals surface area contributed by atoms with Crippen LogP contribution in [0.2, 0.25) is 0 Å². The number of hydrogen-bond acceptors (Lipinski definition) is 6. The lowest BCUT2D eigenvalue weighted by Crippen LogP contribution is -2.30. The van der Waals surface area contributed by atoms with E-state index in [1.54, 1.807) is 0 Å². The second-order valence-electron chi connectivity index (χ2n) is 25.2. The van der Waals surface area contributed by atoms with Crippen LogP contribution < -0.4 is 0 Å². The molecule has 482 valence electrons. The van der Waals surface area contributed by atoms with E-state index in [0.717, 1.165) is 64.2 Å². The van der Waals surface area contributed by atoms with Crippen molar-refractivity contribution in [2.45, 2.75) is 419 Å². The Morgan fingerprint density at radius 3 is 0.683 bits per heavy atom. The fourth-order valence-corrected chi connectivity index (χ4v) is 11.3. The number of ether oxygens (including phenoxy) is 3. The monoisotopic (exact) mass is 1150 g/mol. The number of carbonyl (C=O) groups excluding carboxylic acids is 3. The summed E-state index contributed by atoms with van der Waals surface area (Å²) in [5.74, 6) is -0.849. The Hall–Kier alpha value is -2.37. The Labute approximate surface area is 512 Å². The molecule has 0 rings (SSSR count). The third kappa shape index (κ3) is 68.4. The van der Waals surface area contributed by atoms with Crippen LogP contribution in [0.5, 0.6) is 0 Å². The molecule has 0 aromatic carbocycles. The summed E-state index contributed by atoms with van der Waals surface area (Å²) in [5.41, 5.74) is 0. The van der Waals surface area contributed by atoms with Gasteiger partial charge in [-0.2, -0.15) is 0 Å². The molecular weight excluding hydrogens is 1010 g/mol. The van der Waals surface area contributed by atoms with Crippen molar-refractivity contribution in [1.82, 2.24) is 0 Å². The molecule has 0 aliphatic rings. The molecule has 0 spiro atoms. The fourth-order valence-electron chi connectivity index (χ4n) is 11.3. The number of allylic oxidation sites excluding steroid dienone is 6. The molecule has 0 aromatic heterocycles. The second-order valence-corrected chi connectivity index (χ2v) is 25.2. The molecule has 1 atom stereocenters. The van der Waals surface area contributed by atoms with Crippen LogP contribution in [0.25, 0.3) is 0 Å². The van der Waals surface area contributed by atoms with Crippen molar-refractivity contribution in [3.05, 3.63) is 36.5 Å². The number of unbranched alkanes of at least 4 members (excludes halogenated alkanes) is 52. The highest BCUT2D eigenvalue weighted by Crippen LogP contribution is 2.19. The van der Waals surface area contributed by atoms with E-state index in [-0.39, 0.29) is 31.1 Å². The van der Waals surface area contributed by atoms with Crippen LogP contribution in [0.15, 0.2) is 36.5 Å². The zero-order valence-corrected chi connectivity index (χ0v) is 55.5. The Kier molecular flexibility index (Phi) is 69.1. The molecule has 0 heterocycles. The Morgan fingerprint density at radius 2 is 0.439 bits per heavy atom. The lowest BCUT2D eigenvalue weighted by atomic mass is 10.0. The van der Waals surface area contributed by atoms with Gasteiger partial charge in [-0.1, -0.05) is 353 Å². The van der Waals surface area contributed by atoms with Crippen molar-refractivity contribution in [1.29, 1.82) is 0 Å². The highest BCUT2D eigenvalue weighted by molar-refractivity contribution is 5.71. The van der Waals surface area contributed by atoms with E-state index in [9.17, 15) is 14.4 Å². The standard InChI is InChI=1S/C76H142O6/c1-4-7-10-13-16-18-20-22-24-26-28-30-32-34-36-37-38-39-41-42-44-46-48-50-52-54-56-58-60-63-66-69-75(78)81-72-73(71-80-74(77)68-65-62-15-12-9-6-3)82-76(79)70-67-64-61-59-57-55-53-51-49-47-45-43-40-35-33-31-29-27-25-23-21-19-17-14-11-8-5-2/h21,23,26-29,73H,4-20,22,24-25,30-72H2,1-3H3/b23-21-,28-26-,29-27-. The molecule has 0 aliphatic carbocycles. The van der Waals surface area contributed by atoms with Gasteiger partial charge in [0.25, 0.3) is 0 Å². The molecule has 82 heavy (non-hydrogen) atoms. The smallest absolute Gasteiger partial charge is 0.306 e. The summed E-state index contributed by atoms with van der Waals surface area (Å²) in [6.07, 6.45) is 89.5. The zero-order valence-electron chi connectivity index (χ0n) is 55.5. The number of rotatable bonds is 69. The van der Waals surface area contributed by atoms with Gasteiger partial charge in [-0.25, -0.2) is 0 Å². The minimum Gasteiger partial charge on any atom is -0.462 e. The Morgan fingerprint density at radius 1 is 0.244 bits per heavy atom. The molecule has 0 amide bonds. The van der Waals surface area contributed by atoms with Crippen molar-refractivity contribution in [2.24, 2.45) is 0 Å². The van der Waals surface area contributed by atoms with Crippen molar-refractivity contribution in [3.8, 4) is 0 Å². The van der Waals surface area contributed by atoms with Crippen molar-refractivity contribution < 1.29 is 28.6 Å². The van der Waals surface area contributed by atoms with E-state index in [0.29, 0.717) is 19.3 Å². The average molecular weight is 1150 g/mol. The van der Waals surface area contributed by atoms with Gasteiger partial charge in [0.1, 0.15) is 13.2 Å². The number of carbonyl (C=O) groups is 3. The second kappa shape index (κ2) is 71.1. The van der Waals surface area contributed by atoms with E-state index in [4.69, 9.17) is 14.2 Å². The molecule has 6 heteroatoms. The molecule has 6 nitrogen and oxygen atoms in total.